The van der Waals surface area contributed by atoms with E-state index in [1.54, 1.807) is 12.1 Å². The topological polar surface area (TPSA) is 56.3 Å². The minimum absolute atomic E-state index is 0.0800. The van der Waals surface area contributed by atoms with Crippen molar-refractivity contribution >= 4 is 16.7 Å². The summed E-state index contributed by atoms with van der Waals surface area (Å²) in [7, 11) is 0. The summed E-state index contributed by atoms with van der Waals surface area (Å²) in [6.07, 6.45) is 0. The lowest BCUT2D eigenvalue weighted by molar-refractivity contribution is -0.384. The Morgan fingerprint density at radius 2 is 1.33 bits per heavy atom. The molecular formula is C26H17NO3. The number of fused-ring (bicyclic) bond motifs is 1. The van der Waals surface area contributed by atoms with E-state index in [0.29, 0.717) is 5.56 Å². The van der Waals surface area contributed by atoms with Crippen molar-refractivity contribution in [2.75, 3.05) is 0 Å². The number of rotatable bonds is 4. The molecule has 0 aliphatic carbocycles. The third-order valence-corrected chi connectivity index (χ3v) is 5.21. The highest BCUT2D eigenvalue weighted by atomic mass is 16.6. The van der Waals surface area contributed by atoms with Crippen molar-refractivity contribution in [3.63, 3.8) is 0 Å². The summed E-state index contributed by atoms with van der Waals surface area (Å²) in [6.45, 7) is 0. The maximum Gasteiger partial charge on any atom is 0.277 e. The molecule has 144 valence electrons. The Morgan fingerprint density at radius 1 is 0.667 bits per heavy atom. The molecule has 0 radical (unpaired) electrons. The number of hydrogen-bond donors (Lipinski definition) is 0. The fourth-order valence-electron chi connectivity index (χ4n) is 3.87. The zero-order valence-corrected chi connectivity index (χ0v) is 16.0. The molecule has 30 heavy (non-hydrogen) atoms. The summed E-state index contributed by atoms with van der Waals surface area (Å²) in [5.74, 6) is 0.732. The average molecular weight is 391 g/mol. The van der Waals surface area contributed by atoms with E-state index >= 15 is 0 Å². The van der Waals surface area contributed by atoms with Crippen molar-refractivity contribution in [2.24, 2.45) is 0 Å². The van der Waals surface area contributed by atoms with Crippen LogP contribution in [0, 0.1) is 10.1 Å². The lowest BCUT2D eigenvalue weighted by atomic mass is 9.89. The second kappa shape index (κ2) is 7.33. The van der Waals surface area contributed by atoms with Crippen LogP contribution in [0.4, 0.5) is 5.69 Å². The van der Waals surface area contributed by atoms with Crippen LogP contribution in [0.3, 0.4) is 0 Å². The van der Waals surface area contributed by atoms with Gasteiger partial charge in [-0.2, -0.15) is 0 Å². The minimum atomic E-state index is -0.335. The third kappa shape index (κ3) is 3.05. The molecule has 0 unspecified atom stereocenters. The maximum absolute atomic E-state index is 11.7. The van der Waals surface area contributed by atoms with Gasteiger partial charge in [-0.25, -0.2) is 0 Å². The first-order valence-electron chi connectivity index (χ1n) is 9.63. The Labute approximate surface area is 173 Å². The van der Waals surface area contributed by atoms with Crippen LogP contribution in [0.25, 0.3) is 44.5 Å². The molecule has 0 N–H and O–H groups in total. The monoisotopic (exact) mass is 391 g/mol. The van der Waals surface area contributed by atoms with Crippen molar-refractivity contribution in [3.05, 3.63) is 113 Å². The number of hydrogen-bond acceptors (Lipinski definition) is 3. The molecule has 0 aliphatic heterocycles. The van der Waals surface area contributed by atoms with Crippen molar-refractivity contribution < 1.29 is 9.34 Å². The van der Waals surface area contributed by atoms with Gasteiger partial charge in [-0.05, 0) is 29.3 Å². The van der Waals surface area contributed by atoms with Gasteiger partial charge in [0, 0.05) is 22.6 Å². The molecule has 0 aliphatic rings. The van der Waals surface area contributed by atoms with Crippen LogP contribution >= 0.6 is 0 Å². The second-order valence-electron chi connectivity index (χ2n) is 7.02. The summed E-state index contributed by atoms with van der Waals surface area (Å²) in [5.41, 5.74) is 5.05. The molecule has 1 heterocycles. The molecule has 0 spiro atoms. The van der Waals surface area contributed by atoms with Crippen LogP contribution in [0.1, 0.15) is 0 Å². The van der Waals surface area contributed by atoms with E-state index in [4.69, 9.17) is 4.42 Å². The van der Waals surface area contributed by atoms with Gasteiger partial charge in [-0.15, -0.1) is 0 Å². The lowest BCUT2D eigenvalue weighted by Gasteiger charge is -2.14. The Morgan fingerprint density at radius 3 is 2.13 bits per heavy atom. The van der Waals surface area contributed by atoms with Crippen LogP contribution < -0.4 is 0 Å². The summed E-state index contributed by atoms with van der Waals surface area (Å²) < 4.78 is 6.15. The maximum atomic E-state index is 11.7. The van der Waals surface area contributed by atoms with Crippen LogP contribution in [-0.4, -0.2) is 4.92 Å². The van der Waals surface area contributed by atoms with E-state index < -0.39 is 0 Å². The summed E-state index contributed by atoms with van der Waals surface area (Å²) in [6, 6.07) is 32.5. The van der Waals surface area contributed by atoms with Crippen LogP contribution in [0.2, 0.25) is 0 Å². The molecule has 4 aromatic carbocycles. The molecule has 0 atom stereocenters. The van der Waals surface area contributed by atoms with Gasteiger partial charge in [0.05, 0.1) is 10.5 Å². The molecule has 0 saturated carbocycles. The quantitative estimate of drug-likeness (QED) is 0.238. The molecule has 0 fully saturated rings. The highest BCUT2D eigenvalue weighted by Crippen LogP contribution is 2.43. The summed E-state index contributed by atoms with van der Waals surface area (Å²) in [5, 5.41) is 12.7. The van der Waals surface area contributed by atoms with E-state index in [0.717, 1.165) is 39.0 Å². The van der Waals surface area contributed by atoms with Gasteiger partial charge < -0.3 is 4.42 Å². The van der Waals surface area contributed by atoms with Gasteiger partial charge in [0.25, 0.3) is 5.69 Å². The lowest BCUT2D eigenvalue weighted by Crippen LogP contribution is -1.94. The number of nitro benzene ring substituents is 1. The summed E-state index contributed by atoms with van der Waals surface area (Å²) in [4.78, 5) is 11.4. The van der Waals surface area contributed by atoms with Crippen LogP contribution in [-0.2, 0) is 0 Å². The number of para-hydroxylation sites is 2. The first-order valence-corrected chi connectivity index (χ1v) is 9.63. The van der Waals surface area contributed by atoms with Gasteiger partial charge in [-0.3, -0.25) is 10.1 Å². The number of nitro groups is 1. The third-order valence-electron chi connectivity index (χ3n) is 5.21. The SMILES string of the molecule is O=[N+]([O-])c1ccccc1-c1cccc(-c2cc3ccccc3o2)c1-c1ccccc1. The number of furan rings is 1. The van der Waals surface area contributed by atoms with Gasteiger partial charge in [0.2, 0.25) is 0 Å². The molecule has 4 heteroatoms. The van der Waals surface area contributed by atoms with Gasteiger partial charge in [0.15, 0.2) is 0 Å². The predicted molar refractivity (Wildman–Crippen MR) is 119 cm³/mol. The smallest absolute Gasteiger partial charge is 0.277 e. The molecule has 5 aromatic rings. The van der Waals surface area contributed by atoms with Crippen molar-refractivity contribution in [2.45, 2.75) is 0 Å². The standard InChI is InChI=1S/C26H17NO3/c28-27(29)23-15-6-5-12-20(23)21-13-8-14-22(26(21)18-9-2-1-3-10-18)25-17-19-11-4-7-16-24(19)30-25/h1-17H. The zero-order valence-electron chi connectivity index (χ0n) is 16.0. The molecular weight excluding hydrogens is 374 g/mol. The Hall–Kier alpha value is -4.18. The first kappa shape index (κ1) is 17.9. The summed E-state index contributed by atoms with van der Waals surface area (Å²) >= 11 is 0. The molecule has 0 bridgehead atoms. The molecule has 1 aromatic heterocycles. The predicted octanol–water partition coefficient (Wildman–Crippen LogP) is 7.34. The van der Waals surface area contributed by atoms with Gasteiger partial charge >= 0.3 is 0 Å². The van der Waals surface area contributed by atoms with E-state index in [9.17, 15) is 10.1 Å². The number of benzene rings is 4. The number of nitrogens with zero attached hydrogens (tertiary/aromatic N) is 1. The van der Waals surface area contributed by atoms with E-state index in [1.165, 1.54) is 6.07 Å². The Balaban J connectivity index is 1.83. The average Bonchev–Trinajstić information content (AvgIpc) is 3.23. The van der Waals surface area contributed by atoms with Crippen LogP contribution in [0.5, 0.6) is 0 Å². The van der Waals surface area contributed by atoms with Gasteiger partial charge in [0.1, 0.15) is 11.3 Å². The Bertz CT molecular complexity index is 1340. The van der Waals surface area contributed by atoms with Gasteiger partial charge in [-0.1, -0.05) is 78.9 Å². The highest BCUT2D eigenvalue weighted by Gasteiger charge is 2.21. The molecule has 5 rings (SSSR count). The fourth-order valence-corrected chi connectivity index (χ4v) is 3.87. The Kier molecular flexibility index (Phi) is 4.37. The van der Waals surface area contributed by atoms with Crippen LogP contribution in [0.15, 0.2) is 108 Å². The van der Waals surface area contributed by atoms with Crippen molar-refractivity contribution in [1.29, 1.82) is 0 Å². The molecule has 0 saturated heterocycles. The van der Waals surface area contributed by atoms with E-state index in [-0.39, 0.29) is 10.6 Å². The largest absolute Gasteiger partial charge is 0.456 e. The van der Waals surface area contributed by atoms with E-state index in [1.807, 2.05) is 84.9 Å². The normalized spacial score (nSPS) is 10.9. The zero-order chi connectivity index (χ0) is 20.5. The minimum Gasteiger partial charge on any atom is -0.456 e. The van der Waals surface area contributed by atoms with Crippen molar-refractivity contribution in [1.82, 2.24) is 0 Å². The van der Waals surface area contributed by atoms with Crippen molar-refractivity contribution in [3.8, 4) is 33.6 Å². The second-order valence-corrected chi connectivity index (χ2v) is 7.02. The molecule has 4 nitrogen and oxygen atoms in total. The molecule has 0 amide bonds. The fraction of sp³-hybridized carbons (Fsp3) is 0. The highest BCUT2D eigenvalue weighted by molar-refractivity contribution is 5.97. The van der Waals surface area contributed by atoms with E-state index in [2.05, 4.69) is 0 Å². The first-order chi connectivity index (χ1) is 14.7.